The molecule has 1 heterocycles. The molecule has 0 spiro atoms. The number of aryl methyl sites for hydroxylation is 1. The number of halogens is 1. The molecule has 6 heteroatoms. The number of likely N-dealkylation sites (tertiary alicyclic amines) is 1. The van der Waals surface area contributed by atoms with Crippen molar-refractivity contribution in [1.82, 2.24) is 4.90 Å². The first-order valence-corrected chi connectivity index (χ1v) is 9.62. The molecule has 0 aromatic heterocycles. The first kappa shape index (κ1) is 20.6. The van der Waals surface area contributed by atoms with Gasteiger partial charge in [-0.15, -0.1) is 0 Å². The van der Waals surface area contributed by atoms with Gasteiger partial charge >= 0.3 is 5.97 Å². The average Bonchev–Trinajstić information content (AvgIpc) is 2.58. The highest BCUT2D eigenvalue weighted by Gasteiger charge is 2.29. The van der Waals surface area contributed by atoms with Crippen LogP contribution >= 0.6 is 11.6 Å². The lowest BCUT2D eigenvalue weighted by Gasteiger charge is -2.38. The molecule has 5 nitrogen and oxygen atoms in total. The highest BCUT2D eigenvalue weighted by molar-refractivity contribution is 6.30. The second-order valence-electron chi connectivity index (χ2n) is 6.95. The van der Waals surface area contributed by atoms with Crippen LogP contribution in [0.25, 0.3) is 0 Å². The van der Waals surface area contributed by atoms with Crippen molar-refractivity contribution in [2.45, 2.75) is 65.0 Å². The Balaban J connectivity index is 1.66. The second kappa shape index (κ2) is 9.81. The third kappa shape index (κ3) is 5.90. The van der Waals surface area contributed by atoms with E-state index in [9.17, 15) is 9.59 Å². The van der Waals surface area contributed by atoms with E-state index in [0.717, 1.165) is 30.6 Å². The Labute approximate surface area is 160 Å². The van der Waals surface area contributed by atoms with E-state index in [1.165, 1.54) is 0 Å². The number of amides is 1. The van der Waals surface area contributed by atoms with E-state index in [1.54, 1.807) is 6.07 Å². The molecule has 2 rings (SSSR count). The van der Waals surface area contributed by atoms with Crippen LogP contribution < -0.4 is 4.74 Å². The quantitative estimate of drug-likeness (QED) is 0.526. The summed E-state index contributed by atoms with van der Waals surface area (Å²) >= 11 is 5.91. The molecule has 0 aliphatic carbocycles. The van der Waals surface area contributed by atoms with Gasteiger partial charge in [-0.1, -0.05) is 11.6 Å². The Morgan fingerprint density at radius 2 is 1.92 bits per heavy atom. The summed E-state index contributed by atoms with van der Waals surface area (Å²) in [5.74, 6) is 0.282. The van der Waals surface area contributed by atoms with E-state index >= 15 is 0 Å². The van der Waals surface area contributed by atoms with E-state index < -0.39 is 0 Å². The van der Waals surface area contributed by atoms with Crippen LogP contribution in [0.1, 0.15) is 51.5 Å². The summed E-state index contributed by atoms with van der Waals surface area (Å²) in [7, 11) is 0. The van der Waals surface area contributed by atoms with Crippen molar-refractivity contribution >= 4 is 23.5 Å². The summed E-state index contributed by atoms with van der Waals surface area (Å²) in [5.41, 5.74) is 0.954. The highest BCUT2D eigenvalue weighted by Crippen LogP contribution is 2.23. The molecule has 0 saturated carbocycles. The van der Waals surface area contributed by atoms with Crippen molar-refractivity contribution in [2.24, 2.45) is 0 Å². The third-order valence-electron chi connectivity index (χ3n) is 4.76. The van der Waals surface area contributed by atoms with E-state index in [0.29, 0.717) is 18.1 Å². The molecule has 0 bridgehead atoms. The molecule has 1 saturated heterocycles. The van der Waals surface area contributed by atoms with Crippen molar-refractivity contribution in [2.75, 3.05) is 13.2 Å². The van der Waals surface area contributed by atoms with Gasteiger partial charge in [-0.2, -0.15) is 0 Å². The molecule has 1 amide bonds. The molecule has 1 aliphatic rings. The molecule has 0 unspecified atom stereocenters. The molecule has 2 atom stereocenters. The third-order valence-corrected chi connectivity index (χ3v) is 4.99. The molecule has 144 valence electrons. The zero-order valence-electron chi connectivity index (χ0n) is 15.8. The Morgan fingerprint density at radius 3 is 2.58 bits per heavy atom. The van der Waals surface area contributed by atoms with E-state index in [1.807, 2.05) is 37.8 Å². The van der Waals surface area contributed by atoms with Crippen LogP contribution in [0.3, 0.4) is 0 Å². The Bertz CT molecular complexity index is 624. The number of hydrogen-bond donors (Lipinski definition) is 0. The van der Waals surface area contributed by atoms with Crippen molar-refractivity contribution < 1.29 is 19.1 Å². The molecule has 1 aromatic carbocycles. The molecule has 1 aliphatic heterocycles. The lowest BCUT2D eigenvalue weighted by Crippen LogP contribution is -2.49. The molecule has 1 fully saturated rings. The fourth-order valence-corrected chi connectivity index (χ4v) is 3.60. The molecule has 26 heavy (non-hydrogen) atoms. The van der Waals surface area contributed by atoms with E-state index in [-0.39, 0.29) is 37.0 Å². The predicted molar refractivity (Wildman–Crippen MR) is 101 cm³/mol. The molecule has 1 aromatic rings. The number of esters is 1. The van der Waals surface area contributed by atoms with E-state index in [4.69, 9.17) is 21.1 Å². The lowest BCUT2D eigenvalue weighted by molar-refractivity contribution is -0.155. The summed E-state index contributed by atoms with van der Waals surface area (Å²) in [6.07, 6.45) is 3.91. The van der Waals surface area contributed by atoms with Crippen LogP contribution in [-0.2, 0) is 14.3 Å². The number of hydrogen-bond acceptors (Lipinski definition) is 4. The number of piperidine rings is 1. The van der Waals surface area contributed by atoms with Gasteiger partial charge in [-0.25, -0.2) is 0 Å². The van der Waals surface area contributed by atoms with Gasteiger partial charge in [0.15, 0.2) is 6.61 Å². The summed E-state index contributed by atoms with van der Waals surface area (Å²) in [5, 5.41) is 0.667. The van der Waals surface area contributed by atoms with Crippen LogP contribution in [-0.4, -0.2) is 42.1 Å². The summed E-state index contributed by atoms with van der Waals surface area (Å²) in [6.45, 7) is 6.25. The van der Waals surface area contributed by atoms with Gasteiger partial charge in [0.05, 0.1) is 6.61 Å². The van der Waals surface area contributed by atoms with Gasteiger partial charge in [0.1, 0.15) is 5.75 Å². The van der Waals surface area contributed by atoms with Gasteiger partial charge in [0, 0.05) is 23.5 Å². The summed E-state index contributed by atoms with van der Waals surface area (Å²) < 4.78 is 10.8. The van der Waals surface area contributed by atoms with Gasteiger partial charge in [-0.3, -0.25) is 9.59 Å². The number of carbonyl (C=O) groups is 2. The smallest absolute Gasteiger partial charge is 0.306 e. The fraction of sp³-hybridized carbons (Fsp3) is 0.600. The normalized spacial score (nSPS) is 19.9. The topological polar surface area (TPSA) is 55.8 Å². The van der Waals surface area contributed by atoms with Gasteiger partial charge < -0.3 is 14.4 Å². The number of benzene rings is 1. The van der Waals surface area contributed by atoms with Crippen molar-refractivity contribution in [1.29, 1.82) is 0 Å². The zero-order valence-corrected chi connectivity index (χ0v) is 16.6. The minimum absolute atomic E-state index is 0.105. The van der Waals surface area contributed by atoms with Crippen LogP contribution in [0.4, 0.5) is 0 Å². The Hall–Kier alpha value is -1.75. The van der Waals surface area contributed by atoms with Gasteiger partial charge in [0.25, 0.3) is 5.91 Å². The standard InChI is InChI=1S/C20H28ClNO4/c1-14-12-17(21)9-10-18(14)25-11-5-8-20(24)26-13-19(23)22-15(2)6-4-7-16(22)3/h9-10,12,15-16H,4-8,11,13H2,1-3H3/t15-,16-/m1/s1. The minimum Gasteiger partial charge on any atom is -0.493 e. The molecule has 0 N–H and O–H groups in total. The average molecular weight is 382 g/mol. The van der Waals surface area contributed by atoms with Crippen LogP contribution in [0, 0.1) is 6.92 Å². The zero-order chi connectivity index (χ0) is 19.1. The highest BCUT2D eigenvalue weighted by atomic mass is 35.5. The van der Waals surface area contributed by atoms with Crippen molar-refractivity contribution in [3.05, 3.63) is 28.8 Å². The largest absolute Gasteiger partial charge is 0.493 e. The number of carbonyl (C=O) groups excluding carboxylic acids is 2. The Kier molecular flexibility index (Phi) is 7.76. The summed E-state index contributed by atoms with van der Waals surface area (Å²) in [4.78, 5) is 26.0. The number of ether oxygens (including phenoxy) is 2. The first-order valence-electron chi connectivity index (χ1n) is 9.24. The Morgan fingerprint density at radius 1 is 1.23 bits per heavy atom. The van der Waals surface area contributed by atoms with Crippen LogP contribution in [0.15, 0.2) is 18.2 Å². The van der Waals surface area contributed by atoms with Crippen LogP contribution in [0.5, 0.6) is 5.75 Å². The minimum atomic E-state index is -0.368. The molecular weight excluding hydrogens is 354 g/mol. The number of rotatable bonds is 7. The SMILES string of the molecule is Cc1cc(Cl)ccc1OCCCC(=O)OCC(=O)N1[C@H](C)CCC[C@H]1C. The maximum Gasteiger partial charge on any atom is 0.306 e. The van der Waals surface area contributed by atoms with Crippen molar-refractivity contribution in [3.8, 4) is 5.75 Å². The fourth-order valence-electron chi connectivity index (χ4n) is 3.38. The van der Waals surface area contributed by atoms with E-state index in [2.05, 4.69) is 0 Å². The predicted octanol–water partition coefficient (Wildman–Crippen LogP) is 4.14. The van der Waals surface area contributed by atoms with Crippen molar-refractivity contribution in [3.63, 3.8) is 0 Å². The monoisotopic (exact) mass is 381 g/mol. The maximum atomic E-state index is 12.3. The van der Waals surface area contributed by atoms with Gasteiger partial charge in [-0.05, 0) is 70.2 Å². The van der Waals surface area contributed by atoms with Gasteiger partial charge in [0.2, 0.25) is 0 Å². The number of nitrogens with zero attached hydrogens (tertiary/aromatic N) is 1. The molecular formula is C20H28ClNO4. The summed E-state index contributed by atoms with van der Waals surface area (Å²) in [6, 6.07) is 5.84. The first-order chi connectivity index (χ1) is 12.4. The second-order valence-corrected chi connectivity index (χ2v) is 7.39. The molecule has 0 radical (unpaired) electrons. The van der Waals surface area contributed by atoms with Crippen LogP contribution in [0.2, 0.25) is 5.02 Å². The lowest BCUT2D eigenvalue weighted by atomic mass is 9.97. The maximum absolute atomic E-state index is 12.3.